The molecule has 1 aromatic heterocycles. The Labute approximate surface area is 142 Å². The van der Waals surface area contributed by atoms with Crippen molar-refractivity contribution in [1.29, 1.82) is 0 Å². The van der Waals surface area contributed by atoms with Crippen LogP contribution in [0.25, 0.3) is 5.69 Å². The number of tetrazole rings is 1. The lowest BCUT2D eigenvalue weighted by atomic mass is 10.1. The average Bonchev–Trinajstić information content (AvgIpc) is 3.14. The van der Waals surface area contributed by atoms with E-state index in [9.17, 15) is 0 Å². The normalized spacial score (nSPS) is 22.7. The SMILES string of the molecule is c1ccc(-n2nnnc2N2CCN(CC3CCCCO3)CC2)cc1. The summed E-state index contributed by atoms with van der Waals surface area (Å²) >= 11 is 0. The summed E-state index contributed by atoms with van der Waals surface area (Å²) in [6.45, 7) is 5.93. The lowest BCUT2D eigenvalue weighted by molar-refractivity contribution is -0.00649. The second-order valence-corrected chi connectivity index (χ2v) is 6.50. The van der Waals surface area contributed by atoms with Crippen LogP contribution in [0.5, 0.6) is 0 Å². The molecule has 7 heteroatoms. The van der Waals surface area contributed by atoms with E-state index < -0.39 is 0 Å². The third-order valence-electron chi connectivity index (χ3n) is 4.84. The van der Waals surface area contributed by atoms with Crippen molar-refractivity contribution >= 4 is 5.95 Å². The van der Waals surface area contributed by atoms with Gasteiger partial charge in [-0.2, -0.15) is 4.68 Å². The predicted octanol–water partition coefficient (Wildman–Crippen LogP) is 1.35. The minimum absolute atomic E-state index is 0.417. The van der Waals surface area contributed by atoms with Gasteiger partial charge in [-0.15, -0.1) is 0 Å². The molecule has 0 amide bonds. The molecule has 0 spiro atoms. The fourth-order valence-corrected chi connectivity index (χ4v) is 3.49. The van der Waals surface area contributed by atoms with Crippen LogP contribution in [0.4, 0.5) is 5.95 Å². The van der Waals surface area contributed by atoms with Gasteiger partial charge in [-0.25, -0.2) is 0 Å². The second-order valence-electron chi connectivity index (χ2n) is 6.50. The van der Waals surface area contributed by atoms with E-state index in [1.165, 1.54) is 19.3 Å². The summed E-state index contributed by atoms with van der Waals surface area (Å²) in [5, 5.41) is 12.3. The summed E-state index contributed by atoms with van der Waals surface area (Å²) in [4.78, 5) is 4.77. The molecule has 4 rings (SSSR count). The first-order chi connectivity index (χ1) is 11.9. The van der Waals surface area contributed by atoms with E-state index >= 15 is 0 Å². The largest absolute Gasteiger partial charge is 0.377 e. The number of nitrogens with zero attached hydrogens (tertiary/aromatic N) is 6. The van der Waals surface area contributed by atoms with Crippen molar-refractivity contribution in [3.05, 3.63) is 30.3 Å². The van der Waals surface area contributed by atoms with Crippen molar-refractivity contribution in [3.63, 3.8) is 0 Å². The summed E-state index contributed by atoms with van der Waals surface area (Å²) in [5.74, 6) is 0.828. The lowest BCUT2D eigenvalue weighted by Crippen LogP contribution is -2.49. The number of hydrogen-bond donors (Lipinski definition) is 0. The van der Waals surface area contributed by atoms with Crippen LogP contribution in [-0.2, 0) is 4.74 Å². The Bertz CT molecular complexity index is 632. The van der Waals surface area contributed by atoms with Gasteiger partial charge in [0.2, 0.25) is 5.95 Å². The smallest absolute Gasteiger partial charge is 0.250 e. The van der Waals surface area contributed by atoms with Crippen molar-refractivity contribution < 1.29 is 4.74 Å². The Hall–Kier alpha value is -1.99. The molecule has 24 heavy (non-hydrogen) atoms. The first-order valence-electron chi connectivity index (χ1n) is 8.83. The van der Waals surface area contributed by atoms with Gasteiger partial charge in [0, 0.05) is 39.3 Å². The Kier molecular flexibility index (Phi) is 4.71. The van der Waals surface area contributed by atoms with Crippen molar-refractivity contribution in [2.24, 2.45) is 0 Å². The number of aromatic nitrogens is 4. The molecule has 3 heterocycles. The minimum atomic E-state index is 0.417. The molecule has 2 aliphatic heterocycles. The summed E-state index contributed by atoms with van der Waals surface area (Å²) in [6.07, 6.45) is 4.13. The highest BCUT2D eigenvalue weighted by molar-refractivity contribution is 5.40. The maximum absolute atomic E-state index is 5.86. The third kappa shape index (κ3) is 3.42. The van der Waals surface area contributed by atoms with Crippen LogP contribution in [0.1, 0.15) is 19.3 Å². The van der Waals surface area contributed by atoms with Crippen molar-refractivity contribution in [2.45, 2.75) is 25.4 Å². The van der Waals surface area contributed by atoms with E-state index in [-0.39, 0.29) is 0 Å². The second kappa shape index (κ2) is 7.27. The molecule has 0 saturated carbocycles. The first-order valence-corrected chi connectivity index (χ1v) is 8.83. The zero-order valence-electron chi connectivity index (χ0n) is 13.9. The quantitative estimate of drug-likeness (QED) is 0.844. The van der Waals surface area contributed by atoms with Crippen LogP contribution in [0, 0.1) is 0 Å². The van der Waals surface area contributed by atoms with Gasteiger partial charge in [-0.1, -0.05) is 23.3 Å². The molecule has 0 aliphatic carbocycles. The van der Waals surface area contributed by atoms with Crippen LogP contribution < -0.4 is 4.90 Å². The number of para-hydroxylation sites is 1. The topological polar surface area (TPSA) is 59.3 Å². The monoisotopic (exact) mass is 328 g/mol. The summed E-state index contributed by atoms with van der Waals surface area (Å²) in [7, 11) is 0. The Balaban J connectivity index is 1.37. The zero-order valence-corrected chi connectivity index (χ0v) is 13.9. The Morgan fingerprint density at radius 1 is 1.04 bits per heavy atom. The highest BCUT2D eigenvalue weighted by Gasteiger charge is 2.24. The summed E-state index contributed by atoms with van der Waals surface area (Å²) in [6, 6.07) is 10.1. The van der Waals surface area contributed by atoms with Gasteiger partial charge in [0.05, 0.1) is 11.8 Å². The Morgan fingerprint density at radius 2 is 1.88 bits per heavy atom. The van der Waals surface area contributed by atoms with Crippen molar-refractivity contribution in [2.75, 3.05) is 44.2 Å². The first kappa shape index (κ1) is 15.5. The summed E-state index contributed by atoms with van der Waals surface area (Å²) in [5.41, 5.74) is 0.996. The van der Waals surface area contributed by atoms with Crippen LogP contribution >= 0.6 is 0 Å². The predicted molar refractivity (Wildman–Crippen MR) is 91.4 cm³/mol. The van der Waals surface area contributed by atoms with Gasteiger partial charge >= 0.3 is 0 Å². The number of rotatable bonds is 4. The van der Waals surface area contributed by atoms with Crippen LogP contribution in [0.3, 0.4) is 0 Å². The number of hydrogen-bond acceptors (Lipinski definition) is 6. The molecule has 1 aromatic carbocycles. The Morgan fingerprint density at radius 3 is 2.62 bits per heavy atom. The molecule has 128 valence electrons. The standard InChI is InChI=1S/C17H24N6O/c1-2-6-15(7-3-1)23-17(18-19-20-23)22-11-9-21(10-12-22)14-16-8-4-5-13-24-16/h1-3,6-7,16H,4-5,8-14H2. The lowest BCUT2D eigenvalue weighted by Gasteiger charge is -2.37. The van der Waals surface area contributed by atoms with E-state index in [1.807, 2.05) is 35.0 Å². The summed E-state index contributed by atoms with van der Waals surface area (Å²) < 4.78 is 7.68. The highest BCUT2D eigenvalue weighted by Crippen LogP contribution is 2.18. The van der Waals surface area contributed by atoms with Gasteiger partial charge < -0.3 is 9.64 Å². The van der Waals surface area contributed by atoms with E-state index in [1.54, 1.807) is 0 Å². The number of piperazine rings is 1. The van der Waals surface area contributed by atoms with Crippen LogP contribution in [0.15, 0.2) is 30.3 Å². The molecule has 0 N–H and O–H groups in total. The number of ether oxygens (including phenoxy) is 1. The molecule has 2 aliphatic rings. The maximum Gasteiger partial charge on any atom is 0.250 e. The fourth-order valence-electron chi connectivity index (χ4n) is 3.49. The van der Waals surface area contributed by atoms with E-state index in [2.05, 4.69) is 25.3 Å². The van der Waals surface area contributed by atoms with E-state index in [0.717, 1.165) is 51.0 Å². The van der Waals surface area contributed by atoms with Gasteiger partial charge in [0.15, 0.2) is 0 Å². The number of anilines is 1. The van der Waals surface area contributed by atoms with Crippen LogP contribution in [0.2, 0.25) is 0 Å². The van der Waals surface area contributed by atoms with Gasteiger partial charge in [-0.3, -0.25) is 4.90 Å². The maximum atomic E-state index is 5.86. The zero-order chi connectivity index (χ0) is 16.2. The molecular weight excluding hydrogens is 304 g/mol. The molecule has 7 nitrogen and oxygen atoms in total. The molecule has 2 saturated heterocycles. The fraction of sp³-hybridized carbons (Fsp3) is 0.588. The molecule has 2 aromatic rings. The molecular formula is C17H24N6O. The van der Waals surface area contributed by atoms with Crippen molar-refractivity contribution in [1.82, 2.24) is 25.1 Å². The van der Waals surface area contributed by atoms with Gasteiger partial charge in [-0.05, 0) is 41.8 Å². The molecule has 0 bridgehead atoms. The number of benzene rings is 1. The molecule has 0 radical (unpaired) electrons. The molecule has 1 atom stereocenters. The third-order valence-corrected chi connectivity index (χ3v) is 4.84. The van der Waals surface area contributed by atoms with Gasteiger partial charge in [0.1, 0.15) is 0 Å². The van der Waals surface area contributed by atoms with E-state index in [4.69, 9.17) is 4.74 Å². The van der Waals surface area contributed by atoms with Crippen molar-refractivity contribution in [3.8, 4) is 5.69 Å². The average molecular weight is 328 g/mol. The highest BCUT2D eigenvalue weighted by atomic mass is 16.5. The minimum Gasteiger partial charge on any atom is -0.377 e. The van der Waals surface area contributed by atoms with E-state index in [0.29, 0.717) is 6.10 Å². The molecule has 1 unspecified atom stereocenters. The molecule has 2 fully saturated rings. The van der Waals surface area contributed by atoms with Crippen LogP contribution in [-0.4, -0.2) is 70.5 Å². The van der Waals surface area contributed by atoms with Gasteiger partial charge in [0.25, 0.3) is 0 Å².